The Labute approximate surface area is 683 Å². The van der Waals surface area contributed by atoms with Crippen molar-refractivity contribution in [3.05, 3.63) is 174 Å². The zero-order valence-electron chi connectivity index (χ0n) is 57.5. The van der Waals surface area contributed by atoms with Gasteiger partial charge in [0.05, 0.1) is 0 Å². The van der Waals surface area contributed by atoms with Gasteiger partial charge in [0.2, 0.25) is 11.8 Å². The predicted molar refractivity (Wildman–Crippen MR) is 369 cm³/mol. The molecule has 0 unspecified atom stereocenters. The van der Waals surface area contributed by atoms with Crippen LogP contribution in [0.2, 0.25) is 0 Å². The summed E-state index contributed by atoms with van der Waals surface area (Å²) in [4.78, 5) is 64.2. The van der Waals surface area contributed by atoms with Crippen molar-refractivity contribution < 1.29 is 190 Å². The predicted octanol–water partition coefficient (Wildman–Crippen LogP) is 6.33. The van der Waals surface area contributed by atoms with Gasteiger partial charge >= 0.3 is 133 Å². The molecular weight excluding hydrogens is 1530 g/mol. The molecule has 10 N–H and O–H groups in total. The molecule has 0 atom stereocenters. The minimum absolute atomic E-state index is 0. The fourth-order valence-electron chi connectivity index (χ4n) is 7.31. The topological polar surface area (TPSA) is 292 Å². The minimum Gasteiger partial charge on any atom is -1.00 e. The van der Waals surface area contributed by atoms with E-state index in [1.54, 1.807) is 24.3 Å². The quantitative estimate of drug-likeness (QED) is 0.00676. The summed E-state index contributed by atoms with van der Waals surface area (Å²) in [5.74, 6) is 8.07. The molecule has 27 heteroatoms. The van der Waals surface area contributed by atoms with Gasteiger partial charge in [-0.1, -0.05) is 180 Å². The smallest absolute Gasteiger partial charge is 1.00 e. The summed E-state index contributed by atoms with van der Waals surface area (Å²) in [6, 6.07) is 38.0. The number of nitrogens with two attached hydrogens (primary N) is 2. The number of carbonyl (C=O) groups excluding carboxylic acids is 5. The summed E-state index contributed by atoms with van der Waals surface area (Å²) >= 11 is 9.91. The Morgan fingerprint density at radius 3 is 1.19 bits per heavy atom. The number of carbonyl (C=O) groups is 6. The van der Waals surface area contributed by atoms with E-state index in [-0.39, 0.29) is 142 Å². The summed E-state index contributed by atoms with van der Waals surface area (Å²) in [5.41, 5.74) is 14.7. The maximum atomic E-state index is 12.0. The average molecular weight is 1620 g/mol. The van der Waals surface area contributed by atoms with Crippen LogP contribution in [0.4, 0.5) is 26.3 Å². The first kappa shape index (κ1) is 100. The van der Waals surface area contributed by atoms with Crippen molar-refractivity contribution in [2.45, 2.75) is 173 Å². The van der Waals surface area contributed by atoms with Crippen LogP contribution in [0.1, 0.15) is 153 Å². The summed E-state index contributed by atoms with van der Waals surface area (Å²) in [6.07, 6.45) is 3.70. The largest absolute Gasteiger partial charge is 1.00 e. The fourth-order valence-corrected chi connectivity index (χ4v) is 8.65. The normalized spacial score (nSPS) is 10.4. The van der Waals surface area contributed by atoms with Crippen molar-refractivity contribution in [2.75, 3.05) is 13.1 Å². The molecule has 0 saturated carbocycles. The van der Waals surface area contributed by atoms with Gasteiger partial charge in [0, 0.05) is 50.4 Å². The number of aliphatic carboxylic acids is 1. The number of rotatable bonds is 23. The average Bonchev–Trinajstić information content (AvgIpc) is 0.937. The van der Waals surface area contributed by atoms with E-state index in [2.05, 4.69) is 94.4 Å². The summed E-state index contributed by atoms with van der Waals surface area (Å²) < 4.78 is 74.5. The van der Waals surface area contributed by atoms with E-state index in [9.17, 15) is 65.6 Å². The number of alkyl halides is 6. The summed E-state index contributed by atoms with van der Waals surface area (Å²) in [5, 5.41) is 49.5. The maximum absolute atomic E-state index is 12.0. The molecule has 98 heavy (non-hydrogen) atoms. The molecule has 528 valence electrons. The molecule has 4 amide bonds. The molecular formula is C71H87Br3F6K2N4O12. The Hall–Kier alpha value is -4.11. The number of amides is 4. The number of halogens is 9. The molecule has 0 saturated heterocycles. The maximum Gasteiger partial charge on any atom is 1.00 e. The molecule has 0 fully saturated rings. The number of hydrogen-bond acceptors (Lipinski definition) is 12. The van der Waals surface area contributed by atoms with Crippen LogP contribution in [-0.2, 0) is 65.8 Å². The van der Waals surface area contributed by atoms with E-state index in [0.717, 1.165) is 66.1 Å². The molecule has 0 aliphatic carbocycles. The molecule has 5 rings (SSSR count). The number of hydrogen-bond donors (Lipinski definition) is 8. The molecule has 0 spiro atoms. The molecule has 0 radical (unpaired) electrons. The SMILES string of the molecule is C#CC(O)(CC)CC.CCC(O)(C#Cc1cccc(CCCN)c1)CC.CCC(O)(C#Cc1cccc(CCCNC(=O)C(F)(F)F)c1)CC.NC(=O)CCc1cccc(Br)c1.O=C(CCc1cccc(Br)c1)NC(=O)C(F)(F)F.O=C(O)CCc1cccc(Br)c1.O=CO[O-].[H-].[K+].[K+]. The molecule has 0 aromatic heterocycles. The van der Waals surface area contributed by atoms with Crippen LogP contribution in [-0.4, -0.2) is 98.7 Å². The number of carboxylic acids is 1. The third kappa shape index (κ3) is 51.1. The number of aliphatic hydroxyl groups is 3. The van der Waals surface area contributed by atoms with Gasteiger partial charge in [0.15, 0.2) is 0 Å². The summed E-state index contributed by atoms with van der Waals surface area (Å²) in [7, 11) is 0. The van der Waals surface area contributed by atoms with Crippen molar-refractivity contribution in [1.82, 2.24) is 10.6 Å². The Morgan fingerprint density at radius 1 is 0.561 bits per heavy atom. The van der Waals surface area contributed by atoms with Gasteiger partial charge in [0.25, 0.3) is 6.47 Å². The monoisotopic (exact) mass is 1620 g/mol. The van der Waals surface area contributed by atoms with E-state index in [1.807, 2.05) is 132 Å². The van der Waals surface area contributed by atoms with Crippen molar-refractivity contribution in [3.63, 3.8) is 0 Å². The number of carboxylic acid groups (broad SMARTS) is 1. The summed E-state index contributed by atoms with van der Waals surface area (Å²) in [6.45, 7) is 11.9. The van der Waals surface area contributed by atoms with Gasteiger partial charge in [0.1, 0.15) is 16.8 Å². The van der Waals surface area contributed by atoms with Crippen molar-refractivity contribution >= 4 is 83.9 Å². The van der Waals surface area contributed by atoms with Gasteiger partial charge in [-0.15, -0.1) is 6.42 Å². The van der Waals surface area contributed by atoms with Crippen LogP contribution in [0.3, 0.4) is 0 Å². The Bertz CT molecular complexity index is 3270. The van der Waals surface area contributed by atoms with E-state index < -0.39 is 52.8 Å². The third-order valence-electron chi connectivity index (χ3n) is 13.5. The molecule has 5 aromatic rings. The van der Waals surface area contributed by atoms with Gasteiger partial charge in [-0.3, -0.25) is 34.1 Å². The third-order valence-corrected chi connectivity index (χ3v) is 15.0. The molecule has 0 aliphatic rings. The van der Waals surface area contributed by atoms with Crippen LogP contribution >= 0.6 is 47.8 Å². The van der Waals surface area contributed by atoms with Gasteiger partial charge < -0.3 is 48.8 Å². The van der Waals surface area contributed by atoms with E-state index in [0.29, 0.717) is 70.8 Å². The second kappa shape index (κ2) is 56.4. The Kier molecular flexibility index (Phi) is 57.7. The van der Waals surface area contributed by atoms with Crippen LogP contribution < -0.4 is 130 Å². The van der Waals surface area contributed by atoms with E-state index >= 15 is 0 Å². The second-order valence-electron chi connectivity index (χ2n) is 20.8. The Morgan fingerprint density at radius 2 is 0.898 bits per heavy atom. The first-order valence-corrected chi connectivity index (χ1v) is 32.8. The number of nitrogens with one attached hydrogen (secondary N) is 2. The molecule has 0 heterocycles. The van der Waals surface area contributed by atoms with Gasteiger partial charge in [-0.05, 0) is 178 Å². The van der Waals surface area contributed by atoms with Crippen LogP contribution in [0.25, 0.3) is 0 Å². The first-order valence-electron chi connectivity index (χ1n) is 30.4. The first-order chi connectivity index (χ1) is 45.1. The van der Waals surface area contributed by atoms with E-state index in [1.165, 1.54) is 10.9 Å². The second-order valence-corrected chi connectivity index (χ2v) is 23.6. The standard InChI is InChI=1S/C18H22F3NO2.C16H23NO.C11H9BrF3NO2.C9H10BrNO.C9H9BrO2.C7H12O.CH2O3.2K.H/c1-3-17(24,4-2)11-10-15-8-5-7-14(13-15)9-6-12-22-16(23)18(19,20)21;1-3-16(18,4-2)11-10-15-8-5-7-14(13-15)9-6-12-17;12-8-3-1-2-7(6-8)4-5-9(17)16-10(18)11(13,14)15;2*10-8-3-1-2-7(6-8)4-5-9(11)12;1-4-7(8,5-2)6-3;2-1-4-3;;;/h5,7-8,13,24H,3-4,6,9,12H2,1-2H3,(H,22,23);5,7-8,13,18H,3-4,6,9,12,17H2,1-2H3;1-3,6H,4-5H2,(H,16,17,18);1-3,6H,4-5H2,(H2,11,12);1-3,6H,4-5H2,(H,11,12);1,8H,5-6H2,2-3H3;1,3H;;;/q;;;;;;;2*+1;-1/p-1. The van der Waals surface area contributed by atoms with Crippen LogP contribution in [0.5, 0.6) is 0 Å². The Balaban J connectivity index is -0.000000360. The fraction of sp³-hybridized carbons (Fsp3) is 0.408. The van der Waals surface area contributed by atoms with Crippen molar-refractivity contribution in [1.29, 1.82) is 0 Å². The van der Waals surface area contributed by atoms with Crippen molar-refractivity contribution in [3.8, 4) is 36.0 Å². The zero-order chi connectivity index (χ0) is 73.4. The minimum atomic E-state index is -5.04. The number of aryl methyl sites for hydroxylation is 5. The zero-order valence-corrected chi connectivity index (χ0v) is 67.5. The van der Waals surface area contributed by atoms with Gasteiger partial charge in [-0.25, -0.2) is 0 Å². The molecule has 0 aliphatic heterocycles. The number of terminal acetylenes is 1. The number of benzene rings is 5. The number of primary amides is 1. The molecule has 0 bridgehead atoms. The number of imide groups is 1. The molecule has 16 nitrogen and oxygen atoms in total. The van der Waals surface area contributed by atoms with Crippen molar-refractivity contribution in [2.24, 2.45) is 11.5 Å². The van der Waals surface area contributed by atoms with Crippen LogP contribution in [0.15, 0.2) is 135 Å². The molecule has 5 aromatic carbocycles. The van der Waals surface area contributed by atoms with Crippen LogP contribution in [0, 0.1) is 36.0 Å². The van der Waals surface area contributed by atoms with Gasteiger partial charge in [-0.2, -0.15) is 26.3 Å². The van der Waals surface area contributed by atoms with E-state index in [4.69, 9.17) is 33.0 Å².